The molecule has 0 spiro atoms. The molecule has 108 valence electrons. The fraction of sp³-hybridized carbons (Fsp3) is 0.600. The van der Waals surface area contributed by atoms with Gasteiger partial charge in [-0.1, -0.05) is 40.2 Å². The van der Waals surface area contributed by atoms with Crippen LogP contribution in [-0.2, 0) is 14.2 Å². The monoisotopic (exact) mass is 330 g/mol. The van der Waals surface area contributed by atoms with E-state index in [0.717, 1.165) is 11.8 Å². The summed E-state index contributed by atoms with van der Waals surface area (Å²) in [6.07, 6.45) is 1.01. The lowest BCUT2D eigenvalue weighted by Gasteiger charge is -2.18. The number of hydrogen-bond donors (Lipinski definition) is 0. The lowest BCUT2D eigenvalue weighted by atomic mass is 10.0. The van der Waals surface area contributed by atoms with Crippen molar-refractivity contribution in [2.45, 2.75) is 19.4 Å². The zero-order valence-corrected chi connectivity index (χ0v) is 13.3. The highest BCUT2D eigenvalue weighted by Crippen LogP contribution is 2.23. The molecule has 0 fully saturated rings. The number of hydrogen-bond acceptors (Lipinski definition) is 3. The van der Waals surface area contributed by atoms with Crippen molar-refractivity contribution < 1.29 is 14.2 Å². The van der Waals surface area contributed by atoms with E-state index in [-0.39, 0.29) is 6.10 Å². The first-order chi connectivity index (χ1) is 9.29. The Hall–Kier alpha value is -0.420. The van der Waals surface area contributed by atoms with Gasteiger partial charge < -0.3 is 14.2 Å². The standard InChI is InChI=1S/C15H23BrO3/c1-13-6-3-4-7-14(13)15(12-16)19-9-5-8-18-11-10-17-2/h3-4,6-7,15H,5,8-12H2,1-2H3. The maximum atomic E-state index is 5.91. The first-order valence-electron chi connectivity index (χ1n) is 6.59. The fourth-order valence-electron chi connectivity index (χ4n) is 1.80. The van der Waals surface area contributed by atoms with E-state index in [0.29, 0.717) is 26.4 Å². The molecule has 0 saturated heterocycles. The Bertz CT molecular complexity index is 344. The van der Waals surface area contributed by atoms with Crippen LogP contribution in [0.3, 0.4) is 0 Å². The van der Waals surface area contributed by atoms with E-state index in [1.807, 2.05) is 6.07 Å². The molecule has 0 aliphatic rings. The first-order valence-corrected chi connectivity index (χ1v) is 7.71. The van der Waals surface area contributed by atoms with Crippen LogP contribution < -0.4 is 0 Å². The maximum absolute atomic E-state index is 5.91. The summed E-state index contributed by atoms with van der Waals surface area (Å²) < 4.78 is 16.2. The molecule has 0 amide bonds. The summed E-state index contributed by atoms with van der Waals surface area (Å²) in [5.74, 6) is 0. The van der Waals surface area contributed by atoms with Crippen LogP contribution in [0.25, 0.3) is 0 Å². The Morgan fingerprint density at radius 1 is 1.11 bits per heavy atom. The summed E-state index contributed by atoms with van der Waals surface area (Å²) in [4.78, 5) is 0. The van der Waals surface area contributed by atoms with Crippen LogP contribution >= 0.6 is 15.9 Å². The van der Waals surface area contributed by atoms with Gasteiger partial charge in [0.05, 0.1) is 19.3 Å². The highest BCUT2D eigenvalue weighted by molar-refractivity contribution is 9.09. The topological polar surface area (TPSA) is 27.7 Å². The minimum absolute atomic E-state index is 0.111. The average molecular weight is 331 g/mol. The van der Waals surface area contributed by atoms with Gasteiger partial charge in [-0.3, -0.25) is 0 Å². The van der Waals surface area contributed by atoms with Gasteiger partial charge in [-0.25, -0.2) is 0 Å². The largest absolute Gasteiger partial charge is 0.382 e. The lowest BCUT2D eigenvalue weighted by Crippen LogP contribution is -2.11. The van der Waals surface area contributed by atoms with Crippen molar-refractivity contribution in [3.05, 3.63) is 35.4 Å². The predicted molar refractivity (Wildman–Crippen MR) is 81.0 cm³/mol. The van der Waals surface area contributed by atoms with Crippen molar-refractivity contribution in [3.8, 4) is 0 Å². The molecule has 0 bridgehead atoms. The second-order valence-electron chi connectivity index (χ2n) is 4.33. The molecular formula is C15H23BrO3. The zero-order valence-electron chi connectivity index (χ0n) is 11.7. The molecule has 19 heavy (non-hydrogen) atoms. The molecule has 0 aliphatic carbocycles. The van der Waals surface area contributed by atoms with Crippen molar-refractivity contribution in [3.63, 3.8) is 0 Å². The number of alkyl halides is 1. The molecule has 1 atom stereocenters. The van der Waals surface area contributed by atoms with Gasteiger partial charge in [-0.05, 0) is 24.5 Å². The highest BCUT2D eigenvalue weighted by atomic mass is 79.9. The zero-order chi connectivity index (χ0) is 13.9. The molecule has 3 nitrogen and oxygen atoms in total. The third-order valence-corrected chi connectivity index (χ3v) is 3.45. The number of methoxy groups -OCH3 is 1. The van der Waals surface area contributed by atoms with Gasteiger partial charge >= 0.3 is 0 Å². The molecule has 1 aromatic carbocycles. The van der Waals surface area contributed by atoms with E-state index < -0.39 is 0 Å². The summed E-state index contributed by atoms with van der Waals surface area (Å²) in [5.41, 5.74) is 2.52. The SMILES string of the molecule is COCCOCCCOC(CBr)c1ccccc1C. The molecule has 0 saturated carbocycles. The first kappa shape index (κ1) is 16.6. The molecule has 1 rings (SSSR count). The van der Waals surface area contributed by atoms with Crippen LogP contribution in [0.5, 0.6) is 0 Å². The van der Waals surface area contributed by atoms with Gasteiger partial charge in [0.15, 0.2) is 0 Å². The third-order valence-electron chi connectivity index (χ3n) is 2.86. The van der Waals surface area contributed by atoms with Crippen LogP contribution in [0.15, 0.2) is 24.3 Å². The number of halogens is 1. The van der Waals surface area contributed by atoms with Crippen molar-refractivity contribution in [2.75, 3.05) is 38.9 Å². The van der Waals surface area contributed by atoms with Crippen LogP contribution in [-0.4, -0.2) is 38.9 Å². The summed E-state index contributed by atoms with van der Waals surface area (Å²) in [6.45, 7) is 4.83. The maximum Gasteiger partial charge on any atom is 0.0924 e. The Morgan fingerprint density at radius 3 is 2.58 bits per heavy atom. The number of ether oxygens (including phenoxy) is 3. The van der Waals surface area contributed by atoms with Crippen LogP contribution in [0.1, 0.15) is 23.7 Å². The predicted octanol–water partition coefficient (Wildman–Crippen LogP) is 3.50. The van der Waals surface area contributed by atoms with E-state index >= 15 is 0 Å². The Morgan fingerprint density at radius 2 is 1.89 bits per heavy atom. The van der Waals surface area contributed by atoms with Gasteiger partial charge in [0.25, 0.3) is 0 Å². The fourth-order valence-corrected chi connectivity index (χ4v) is 2.33. The highest BCUT2D eigenvalue weighted by Gasteiger charge is 2.12. The van der Waals surface area contributed by atoms with E-state index in [1.165, 1.54) is 11.1 Å². The lowest BCUT2D eigenvalue weighted by molar-refractivity contribution is 0.0314. The van der Waals surface area contributed by atoms with Crippen LogP contribution in [0, 0.1) is 6.92 Å². The number of rotatable bonds is 10. The molecule has 0 aliphatic heterocycles. The van der Waals surface area contributed by atoms with Gasteiger partial charge in [0.1, 0.15) is 0 Å². The normalized spacial score (nSPS) is 12.6. The summed E-state index contributed by atoms with van der Waals surface area (Å²) >= 11 is 3.52. The summed E-state index contributed by atoms with van der Waals surface area (Å²) in [5, 5.41) is 0.808. The molecule has 0 heterocycles. The Balaban J connectivity index is 2.24. The van der Waals surface area contributed by atoms with E-state index in [4.69, 9.17) is 14.2 Å². The van der Waals surface area contributed by atoms with E-state index in [9.17, 15) is 0 Å². The van der Waals surface area contributed by atoms with E-state index in [1.54, 1.807) is 7.11 Å². The van der Waals surface area contributed by atoms with Crippen molar-refractivity contribution in [2.24, 2.45) is 0 Å². The minimum Gasteiger partial charge on any atom is -0.382 e. The quantitative estimate of drug-likeness (QED) is 0.485. The van der Waals surface area contributed by atoms with Crippen molar-refractivity contribution in [1.29, 1.82) is 0 Å². The molecule has 4 heteroatoms. The molecule has 0 aromatic heterocycles. The molecular weight excluding hydrogens is 308 g/mol. The molecule has 0 radical (unpaired) electrons. The van der Waals surface area contributed by atoms with Crippen LogP contribution in [0.2, 0.25) is 0 Å². The molecule has 1 aromatic rings. The summed E-state index contributed by atoms with van der Waals surface area (Å²) in [6, 6.07) is 8.33. The average Bonchev–Trinajstić information content (AvgIpc) is 2.43. The number of aryl methyl sites for hydroxylation is 1. The van der Waals surface area contributed by atoms with Gasteiger partial charge in [-0.15, -0.1) is 0 Å². The van der Waals surface area contributed by atoms with Crippen molar-refractivity contribution in [1.82, 2.24) is 0 Å². The van der Waals surface area contributed by atoms with Gasteiger partial charge in [0, 0.05) is 25.7 Å². The number of benzene rings is 1. The smallest absolute Gasteiger partial charge is 0.0924 e. The second-order valence-corrected chi connectivity index (χ2v) is 4.98. The van der Waals surface area contributed by atoms with Crippen LogP contribution in [0.4, 0.5) is 0 Å². The molecule has 0 N–H and O–H groups in total. The Labute approximate surface area is 124 Å². The second kappa shape index (κ2) is 10.4. The van der Waals surface area contributed by atoms with E-state index in [2.05, 4.69) is 41.1 Å². The minimum atomic E-state index is 0.111. The van der Waals surface area contributed by atoms with Gasteiger partial charge in [0.2, 0.25) is 0 Å². The van der Waals surface area contributed by atoms with Gasteiger partial charge in [-0.2, -0.15) is 0 Å². The molecule has 1 unspecified atom stereocenters. The summed E-state index contributed by atoms with van der Waals surface area (Å²) in [7, 11) is 1.68. The third kappa shape index (κ3) is 6.52. The van der Waals surface area contributed by atoms with Crippen molar-refractivity contribution >= 4 is 15.9 Å². The Kier molecular flexibility index (Phi) is 9.08.